The van der Waals surface area contributed by atoms with Crippen LogP contribution in [0.4, 0.5) is 0 Å². The van der Waals surface area contributed by atoms with Crippen molar-refractivity contribution in [2.45, 2.75) is 39.5 Å². The Morgan fingerprint density at radius 3 is 1.91 bits per heavy atom. The predicted octanol–water partition coefficient (Wildman–Crippen LogP) is 3.92. The Labute approximate surface area is 74.9 Å². The second kappa shape index (κ2) is 3.96. The fraction of sp³-hybridized carbons (Fsp3) is 0.600. The zero-order valence-electron chi connectivity index (χ0n) is 8.03. The standard InChI is InChI=1S/C10H17Cl/c1-6-8(2)9(3)7-10(4,5)11/h6-7H,1-5H3/b8-6-,9-7-. The molecule has 0 bridgehead atoms. The highest BCUT2D eigenvalue weighted by Gasteiger charge is 2.08. The van der Waals surface area contributed by atoms with Crippen LogP contribution in [0.25, 0.3) is 0 Å². The number of hydrogen-bond acceptors (Lipinski definition) is 0. The molecule has 0 rings (SSSR count). The van der Waals surface area contributed by atoms with Gasteiger partial charge in [-0.3, -0.25) is 0 Å². The van der Waals surface area contributed by atoms with Crippen LogP contribution in [-0.2, 0) is 0 Å². The van der Waals surface area contributed by atoms with Crippen molar-refractivity contribution in [1.29, 1.82) is 0 Å². The first-order chi connectivity index (χ1) is 4.87. The predicted molar refractivity (Wildman–Crippen MR) is 53.1 cm³/mol. The third-order valence-electron chi connectivity index (χ3n) is 1.61. The van der Waals surface area contributed by atoms with Crippen LogP contribution in [-0.4, -0.2) is 4.87 Å². The molecule has 0 aromatic heterocycles. The summed E-state index contributed by atoms with van der Waals surface area (Å²) < 4.78 is 0. The Kier molecular flexibility index (Phi) is 3.88. The molecule has 0 aliphatic rings. The van der Waals surface area contributed by atoms with Gasteiger partial charge in [0.05, 0.1) is 4.87 Å². The Balaban J connectivity index is 4.48. The average Bonchev–Trinajstić information content (AvgIpc) is 1.82. The van der Waals surface area contributed by atoms with E-state index in [1.165, 1.54) is 11.1 Å². The summed E-state index contributed by atoms with van der Waals surface area (Å²) in [6.07, 6.45) is 4.17. The normalized spacial score (nSPS) is 15.5. The first-order valence-electron chi connectivity index (χ1n) is 3.88. The minimum absolute atomic E-state index is 0.228. The first kappa shape index (κ1) is 10.8. The molecule has 64 valence electrons. The van der Waals surface area contributed by atoms with E-state index in [1.54, 1.807) is 0 Å². The van der Waals surface area contributed by atoms with Gasteiger partial charge in [0.1, 0.15) is 0 Å². The van der Waals surface area contributed by atoms with E-state index in [-0.39, 0.29) is 4.87 Å². The van der Waals surface area contributed by atoms with Crippen LogP contribution >= 0.6 is 11.6 Å². The largest absolute Gasteiger partial charge is 0.115 e. The van der Waals surface area contributed by atoms with Gasteiger partial charge in [-0.15, -0.1) is 11.6 Å². The lowest BCUT2D eigenvalue weighted by Crippen LogP contribution is -2.05. The second-order valence-corrected chi connectivity index (χ2v) is 4.34. The van der Waals surface area contributed by atoms with E-state index in [0.29, 0.717) is 0 Å². The van der Waals surface area contributed by atoms with Gasteiger partial charge in [0.15, 0.2) is 0 Å². The van der Waals surface area contributed by atoms with Crippen LogP contribution in [0.1, 0.15) is 34.6 Å². The highest BCUT2D eigenvalue weighted by Crippen LogP contribution is 2.19. The lowest BCUT2D eigenvalue weighted by molar-refractivity contribution is 0.872. The molecule has 0 nitrogen and oxygen atoms in total. The maximum atomic E-state index is 6.03. The molecule has 0 fully saturated rings. The van der Waals surface area contributed by atoms with Crippen molar-refractivity contribution in [2.75, 3.05) is 0 Å². The zero-order valence-corrected chi connectivity index (χ0v) is 8.79. The van der Waals surface area contributed by atoms with Crippen LogP contribution < -0.4 is 0 Å². The average molecular weight is 173 g/mol. The van der Waals surface area contributed by atoms with Gasteiger partial charge in [0.25, 0.3) is 0 Å². The summed E-state index contributed by atoms with van der Waals surface area (Å²) in [6, 6.07) is 0. The summed E-state index contributed by atoms with van der Waals surface area (Å²) in [5, 5.41) is 0. The van der Waals surface area contributed by atoms with Gasteiger partial charge in [-0.25, -0.2) is 0 Å². The van der Waals surface area contributed by atoms with Gasteiger partial charge >= 0.3 is 0 Å². The molecular weight excluding hydrogens is 156 g/mol. The summed E-state index contributed by atoms with van der Waals surface area (Å²) in [4.78, 5) is -0.228. The maximum Gasteiger partial charge on any atom is 0.0575 e. The summed E-state index contributed by atoms with van der Waals surface area (Å²) in [7, 11) is 0. The molecular formula is C10H17Cl. The SMILES string of the molecule is C/C=C(C)\C(C)=C/C(C)(C)Cl. The summed E-state index contributed by atoms with van der Waals surface area (Å²) in [5.74, 6) is 0. The smallest absolute Gasteiger partial charge is 0.0575 e. The molecule has 0 aromatic rings. The minimum Gasteiger partial charge on any atom is -0.115 e. The highest BCUT2D eigenvalue weighted by molar-refractivity contribution is 6.24. The zero-order chi connectivity index (χ0) is 9.07. The first-order valence-corrected chi connectivity index (χ1v) is 4.26. The maximum absolute atomic E-state index is 6.03. The van der Waals surface area contributed by atoms with Gasteiger partial charge in [-0.2, -0.15) is 0 Å². The third kappa shape index (κ3) is 5.09. The van der Waals surface area contributed by atoms with Crippen LogP contribution in [0, 0.1) is 0 Å². The van der Waals surface area contributed by atoms with Crippen molar-refractivity contribution in [1.82, 2.24) is 0 Å². The molecule has 0 aliphatic carbocycles. The monoisotopic (exact) mass is 172 g/mol. The molecule has 0 unspecified atom stereocenters. The van der Waals surface area contributed by atoms with Crippen molar-refractivity contribution in [3.8, 4) is 0 Å². The second-order valence-electron chi connectivity index (χ2n) is 3.36. The summed E-state index contributed by atoms with van der Waals surface area (Å²) >= 11 is 6.03. The van der Waals surface area contributed by atoms with Crippen molar-refractivity contribution >= 4 is 11.6 Å². The molecule has 0 heterocycles. The van der Waals surface area contributed by atoms with Crippen molar-refractivity contribution < 1.29 is 0 Å². The van der Waals surface area contributed by atoms with E-state index in [0.717, 1.165) is 0 Å². The third-order valence-corrected chi connectivity index (χ3v) is 1.72. The molecule has 0 saturated carbocycles. The molecule has 0 atom stereocenters. The molecule has 0 aromatic carbocycles. The lowest BCUT2D eigenvalue weighted by Gasteiger charge is -2.11. The number of hydrogen-bond donors (Lipinski definition) is 0. The summed E-state index contributed by atoms with van der Waals surface area (Å²) in [5.41, 5.74) is 2.55. The molecule has 1 heteroatoms. The topological polar surface area (TPSA) is 0 Å². The van der Waals surface area contributed by atoms with Gasteiger partial charge in [0, 0.05) is 0 Å². The molecule has 11 heavy (non-hydrogen) atoms. The number of allylic oxidation sites excluding steroid dienone is 4. The van der Waals surface area contributed by atoms with Crippen molar-refractivity contribution in [3.05, 3.63) is 23.3 Å². The van der Waals surface area contributed by atoms with E-state index in [2.05, 4.69) is 26.0 Å². The quantitative estimate of drug-likeness (QED) is 0.438. The number of halogens is 1. The van der Waals surface area contributed by atoms with Gasteiger partial charge in [-0.1, -0.05) is 23.3 Å². The van der Waals surface area contributed by atoms with E-state index >= 15 is 0 Å². The number of rotatable bonds is 2. The van der Waals surface area contributed by atoms with Crippen LogP contribution in [0.15, 0.2) is 23.3 Å². The fourth-order valence-corrected chi connectivity index (χ4v) is 1.02. The van der Waals surface area contributed by atoms with Gasteiger partial charge < -0.3 is 0 Å². The van der Waals surface area contributed by atoms with Crippen LogP contribution in [0.3, 0.4) is 0 Å². The fourth-order valence-electron chi connectivity index (χ4n) is 0.856. The lowest BCUT2D eigenvalue weighted by atomic mass is 10.0. The van der Waals surface area contributed by atoms with E-state index in [1.807, 2.05) is 20.8 Å². The van der Waals surface area contributed by atoms with E-state index < -0.39 is 0 Å². The highest BCUT2D eigenvalue weighted by atomic mass is 35.5. The Morgan fingerprint density at radius 1 is 1.18 bits per heavy atom. The summed E-state index contributed by atoms with van der Waals surface area (Å²) in [6.45, 7) is 10.2. The number of alkyl halides is 1. The molecule has 0 spiro atoms. The molecule has 0 N–H and O–H groups in total. The molecule has 0 radical (unpaired) electrons. The molecule has 0 saturated heterocycles. The Morgan fingerprint density at radius 2 is 1.64 bits per heavy atom. The van der Waals surface area contributed by atoms with Crippen LogP contribution in [0.5, 0.6) is 0 Å². The van der Waals surface area contributed by atoms with Crippen molar-refractivity contribution in [3.63, 3.8) is 0 Å². The molecule has 0 amide bonds. The van der Waals surface area contributed by atoms with Crippen molar-refractivity contribution in [2.24, 2.45) is 0 Å². The Bertz CT molecular complexity index is 180. The van der Waals surface area contributed by atoms with Gasteiger partial charge in [-0.05, 0) is 34.6 Å². The van der Waals surface area contributed by atoms with Crippen LogP contribution in [0.2, 0.25) is 0 Å². The van der Waals surface area contributed by atoms with E-state index in [4.69, 9.17) is 11.6 Å². The van der Waals surface area contributed by atoms with Gasteiger partial charge in [0.2, 0.25) is 0 Å². The van der Waals surface area contributed by atoms with E-state index in [9.17, 15) is 0 Å². The Hall–Kier alpha value is -0.230. The minimum atomic E-state index is -0.228. The molecule has 0 aliphatic heterocycles.